The molecule has 2 heteroatoms. The summed E-state index contributed by atoms with van der Waals surface area (Å²) < 4.78 is 0. The fraction of sp³-hybridized carbons (Fsp3) is 0.625. The Labute approximate surface area is 111 Å². The lowest BCUT2D eigenvalue weighted by molar-refractivity contribution is 0.263. The predicted molar refractivity (Wildman–Crippen MR) is 79.4 cm³/mol. The lowest BCUT2D eigenvalue weighted by Gasteiger charge is -2.54. The third kappa shape index (κ3) is 2.26. The van der Waals surface area contributed by atoms with E-state index in [1.54, 1.807) is 0 Å². The number of nitrogens with zero attached hydrogens (tertiary/aromatic N) is 1. The Morgan fingerprint density at radius 2 is 1.50 bits per heavy atom. The molecule has 18 heavy (non-hydrogen) atoms. The van der Waals surface area contributed by atoms with Crippen molar-refractivity contribution in [2.24, 2.45) is 0 Å². The standard InChI is InChI=1S/C16H26N2/c1-12-7-8-14(9-13(12)2)18-15(3,4)10-17-11-16(18,5)6/h7-9,17H,10-11H2,1-6H3. The van der Waals surface area contributed by atoms with Crippen molar-refractivity contribution in [2.75, 3.05) is 18.0 Å². The van der Waals surface area contributed by atoms with Crippen LogP contribution < -0.4 is 10.2 Å². The highest BCUT2D eigenvalue weighted by Gasteiger charge is 2.41. The summed E-state index contributed by atoms with van der Waals surface area (Å²) in [6.45, 7) is 15.7. The maximum Gasteiger partial charge on any atom is 0.0476 e. The van der Waals surface area contributed by atoms with Crippen LogP contribution in [-0.2, 0) is 0 Å². The summed E-state index contributed by atoms with van der Waals surface area (Å²) in [5.41, 5.74) is 4.36. The molecule has 0 unspecified atom stereocenters. The molecule has 100 valence electrons. The molecule has 0 bridgehead atoms. The Hall–Kier alpha value is -1.02. The molecule has 1 fully saturated rings. The Morgan fingerprint density at radius 1 is 0.944 bits per heavy atom. The minimum Gasteiger partial charge on any atom is -0.359 e. The molecule has 0 radical (unpaired) electrons. The lowest BCUT2D eigenvalue weighted by atomic mass is 9.87. The van der Waals surface area contributed by atoms with Crippen LogP contribution in [0.4, 0.5) is 5.69 Å². The van der Waals surface area contributed by atoms with Crippen LogP contribution in [0.1, 0.15) is 38.8 Å². The molecule has 2 nitrogen and oxygen atoms in total. The Balaban J connectivity index is 2.47. The van der Waals surface area contributed by atoms with Gasteiger partial charge in [0.25, 0.3) is 0 Å². The molecule has 0 atom stereocenters. The highest BCUT2D eigenvalue weighted by atomic mass is 15.3. The molecule has 0 saturated carbocycles. The number of nitrogens with one attached hydrogen (secondary N) is 1. The summed E-state index contributed by atoms with van der Waals surface area (Å²) in [4.78, 5) is 2.57. The number of benzene rings is 1. The maximum absolute atomic E-state index is 3.55. The average molecular weight is 246 g/mol. The summed E-state index contributed by atoms with van der Waals surface area (Å²) in [7, 11) is 0. The summed E-state index contributed by atoms with van der Waals surface area (Å²) in [5, 5.41) is 3.55. The summed E-state index contributed by atoms with van der Waals surface area (Å²) >= 11 is 0. The van der Waals surface area contributed by atoms with Crippen molar-refractivity contribution in [2.45, 2.75) is 52.6 Å². The molecule has 1 aliphatic heterocycles. The maximum atomic E-state index is 3.55. The molecule has 1 aromatic rings. The Morgan fingerprint density at radius 3 is 2.00 bits per heavy atom. The minimum atomic E-state index is 0.142. The smallest absolute Gasteiger partial charge is 0.0476 e. The zero-order valence-corrected chi connectivity index (χ0v) is 12.6. The molecule has 0 spiro atoms. The number of hydrogen-bond donors (Lipinski definition) is 1. The van der Waals surface area contributed by atoms with E-state index in [0.29, 0.717) is 0 Å². The summed E-state index contributed by atoms with van der Waals surface area (Å²) in [6, 6.07) is 6.82. The number of piperazine rings is 1. The van der Waals surface area contributed by atoms with E-state index in [-0.39, 0.29) is 11.1 Å². The Bertz CT molecular complexity index is 430. The van der Waals surface area contributed by atoms with E-state index in [1.807, 2.05) is 0 Å². The minimum absolute atomic E-state index is 0.142. The van der Waals surface area contributed by atoms with Gasteiger partial charge in [0.15, 0.2) is 0 Å². The highest BCUT2D eigenvalue weighted by Crippen LogP contribution is 2.35. The van der Waals surface area contributed by atoms with Crippen molar-refractivity contribution in [1.29, 1.82) is 0 Å². The average Bonchev–Trinajstić information content (AvgIpc) is 2.20. The molecular weight excluding hydrogens is 220 g/mol. The summed E-state index contributed by atoms with van der Waals surface area (Å²) in [5.74, 6) is 0. The third-order valence-electron chi connectivity index (χ3n) is 4.07. The van der Waals surface area contributed by atoms with E-state index in [2.05, 4.69) is 70.0 Å². The van der Waals surface area contributed by atoms with E-state index < -0.39 is 0 Å². The van der Waals surface area contributed by atoms with Crippen LogP contribution in [0.2, 0.25) is 0 Å². The van der Waals surface area contributed by atoms with Gasteiger partial charge in [0, 0.05) is 29.9 Å². The first-order valence-corrected chi connectivity index (χ1v) is 6.82. The molecule has 0 amide bonds. The highest BCUT2D eigenvalue weighted by molar-refractivity contribution is 5.55. The molecule has 0 aromatic heterocycles. The van der Waals surface area contributed by atoms with Crippen molar-refractivity contribution in [3.63, 3.8) is 0 Å². The molecular formula is C16H26N2. The van der Waals surface area contributed by atoms with Gasteiger partial charge in [-0.25, -0.2) is 0 Å². The number of rotatable bonds is 1. The SMILES string of the molecule is Cc1ccc(N2C(C)(C)CNCC2(C)C)cc1C. The topological polar surface area (TPSA) is 15.3 Å². The van der Waals surface area contributed by atoms with Gasteiger partial charge in [0.05, 0.1) is 0 Å². The van der Waals surface area contributed by atoms with Crippen molar-refractivity contribution < 1.29 is 0 Å². The number of aryl methyl sites for hydroxylation is 2. The van der Waals surface area contributed by atoms with Crippen molar-refractivity contribution in [3.05, 3.63) is 29.3 Å². The largest absolute Gasteiger partial charge is 0.359 e. The van der Waals surface area contributed by atoms with Gasteiger partial charge < -0.3 is 10.2 Å². The van der Waals surface area contributed by atoms with Crippen LogP contribution in [0, 0.1) is 13.8 Å². The fourth-order valence-electron chi connectivity index (χ4n) is 3.22. The molecule has 0 aliphatic carbocycles. The number of anilines is 1. The molecule has 2 rings (SSSR count). The van der Waals surface area contributed by atoms with E-state index in [4.69, 9.17) is 0 Å². The molecule has 1 aliphatic rings. The molecule has 1 N–H and O–H groups in total. The van der Waals surface area contributed by atoms with Crippen molar-refractivity contribution >= 4 is 5.69 Å². The monoisotopic (exact) mass is 246 g/mol. The van der Waals surface area contributed by atoms with Gasteiger partial charge in [-0.2, -0.15) is 0 Å². The number of hydrogen-bond acceptors (Lipinski definition) is 2. The summed E-state index contributed by atoms with van der Waals surface area (Å²) in [6.07, 6.45) is 0. The van der Waals surface area contributed by atoms with Gasteiger partial charge in [-0.1, -0.05) is 6.07 Å². The van der Waals surface area contributed by atoms with Gasteiger partial charge >= 0.3 is 0 Å². The van der Waals surface area contributed by atoms with E-state index in [1.165, 1.54) is 16.8 Å². The van der Waals surface area contributed by atoms with Gasteiger partial charge in [-0.3, -0.25) is 0 Å². The molecule has 1 aromatic carbocycles. The van der Waals surface area contributed by atoms with Crippen molar-refractivity contribution in [3.8, 4) is 0 Å². The van der Waals surface area contributed by atoms with Gasteiger partial charge in [-0.05, 0) is 64.8 Å². The van der Waals surface area contributed by atoms with E-state index in [0.717, 1.165) is 13.1 Å². The van der Waals surface area contributed by atoms with Gasteiger partial charge in [0.2, 0.25) is 0 Å². The van der Waals surface area contributed by atoms with Crippen LogP contribution >= 0.6 is 0 Å². The zero-order chi connectivity index (χ0) is 13.6. The molecule has 1 heterocycles. The second-order valence-electron chi connectivity index (χ2n) is 6.83. The van der Waals surface area contributed by atoms with Crippen LogP contribution in [0.15, 0.2) is 18.2 Å². The molecule has 1 saturated heterocycles. The van der Waals surface area contributed by atoms with E-state index in [9.17, 15) is 0 Å². The zero-order valence-electron chi connectivity index (χ0n) is 12.6. The predicted octanol–water partition coefficient (Wildman–Crippen LogP) is 3.27. The van der Waals surface area contributed by atoms with Crippen LogP contribution in [0.3, 0.4) is 0 Å². The van der Waals surface area contributed by atoms with Crippen LogP contribution in [0.5, 0.6) is 0 Å². The lowest BCUT2D eigenvalue weighted by Crippen LogP contribution is -2.68. The fourth-order valence-corrected chi connectivity index (χ4v) is 3.22. The third-order valence-corrected chi connectivity index (χ3v) is 4.07. The van der Waals surface area contributed by atoms with Gasteiger partial charge in [-0.15, -0.1) is 0 Å². The first kappa shape index (κ1) is 13.4. The van der Waals surface area contributed by atoms with Crippen LogP contribution in [-0.4, -0.2) is 24.2 Å². The second kappa shape index (κ2) is 4.27. The first-order valence-electron chi connectivity index (χ1n) is 6.82. The first-order chi connectivity index (χ1) is 8.24. The Kier molecular flexibility index (Phi) is 3.18. The van der Waals surface area contributed by atoms with Crippen molar-refractivity contribution in [1.82, 2.24) is 5.32 Å². The quantitative estimate of drug-likeness (QED) is 0.818. The second-order valence-corrected chi connectivity index (χ2v) is 6.83. The van der Waals surface area contributed by atoms with Crippen LogP contribution in [0.25, 0.3) is 0 Å². The van der Waals surface area contributed by atoms with Gasteiger partial charge in [0.1, 0.15) is 0 Å². The van der Waals surface area contributed by atoms with E-state index >= 15 is 0 Å². The normalized spacial score (nSPS) is 22.0.